The molecule has 0 saturated carbocycles. The van der Waals surface area contributed by atoms with Crippen LogP contribution in [0.3, 0.4) is 0 Å². The van der Waals surface area contributed by atoms with Gasteiger partial charge in [-0.2, -0.15) is 0 Å². The van der Waals surface area contributed by atoms with Crippen molar-refractivity contribution in [3.8, 4) is 0 Å². The van der Waals surface area contributed by atoms with Gasteiger partial charge >= 0.3 is 0 Å². The van der Waals surface area contributed by atoms with E-state index in [1.165, 1.54) is 18.7 Å². The van der Waals surface area contributed by atoms with Gasteiger partial charge in [0, 0.05) is 18.0 Å². The molecule has 2 rings (SSSR count). The molecular weight excluding hydrogens is 220 g/mol. The summed E-state index contributed by atoms with van der Waals surface area (Å²) < 4.78 is 0. The Labute approximate surface area is 96.4 Å². The number of nitrogen functional groups attached to an aromatic ring is 3. The average molecular weight is 230 g/mol. The molecule has 17 heavy (non-hydrogen) atoms. The Bertz CT molecular complexity index is 541. The lowest BCUT2D eigenvalue weighted by Gasteiger charge is -2.08. The summed E-state index contributed by atoms with van der Waals surface area (Å²) in [6.07, 6.45) is 4.06. The van der Waals surface area contributed by atoms with Crippen molar-refractivity contribution in [1.29, 1.82) is 5.41 Å². The molecule has 0 aliphatic rings. The van der Waals surface area contributed by atoms with Gasteiger partial charge in [0.05, 0.1) is 11.3 Å². The number of nitrogens with two attached hydrogens (primary N) is 3. The van der Waals surface area contributed by atoms with E-state index in [0.29, 0.717) is 5.56 Å². The van der Waals surface area contributed by atoms with E-state index in [-0.39, 0.29) is 28.9 Å². The molecule has 0 unspecified atom stereocenters. The third-order valence-corrected chi connectivity index (χ3v) is 2.12. The maximum atomic E-state index is 7.96. The fourth-order valence-corrected chi connectivity index (χ4v) is 1.28. The monoisotopic (exact) mass is 230 g/mol. The summed E-state index contributed by atoms with van der Waals surface area (Å²) in [4.78, 5) is 15.1. The van der Waals surface area contributed by atoms with E-state index in [0.717, 1.165) is 0 Å². The second-order valence-electron chi connectivity index (χ2n) is 3.22. The molecule has 7 N–H and O–H groups in total. The minimum Gasteiger partial charge on any atom is -0.383 e. The van der Waals surface area contributed by atoms with E-state index in [1.54, 1.807) is 0 Å². The molecule has 0 aliphatic carbocycles. The second kappa shape index (κ2) is 4.00. The molecule has 8 nitrogen and oxygen atoms in total. The summed E-state index contributed by atoms with van der Waals surface area (Å²) in [5, 5.41) is 7.96. The van der Waals surface area contributed by atoms with Gasteiger partial charge in [0.2, 0.25) is 5.95 Å². The van der Waals surface area contributed by atoms with Crippen molar-refractivity contribution < 1.29 is 0 Å². The van der Waals surface area contributed by atoms with Crippen LogP contribution in [-0.4, -0.2) is 25.6 Å². The number of rotatable bonds is 2. The lowest BCUT2D eigenvalue weighted by atomic mass is 10.1. The molecule has 0 aromatic carbocycles. The maximum Gasteiger partial charge on any atom is 0.219 e. The van der Waals surface area contributed by atoms with Crippen molar-refractivity contribution in [2.75, 3.05) is 17.2 Å². The smallest absolute Gasteiger partial charge is 0.219 e. The Balaban J connectivity index is 2.47. The Kier molecular flexibility index (Phi) is 2.53. The lowest BCUT2D eigenvalue weighted by molar-refractivity contribution is 1.16. The molecule has 0 saturated heterocycles. The van der Waals surface area contributed by atoms with Crippen LogP contribution in [0.15, 0.2) is 18.7 Å². The van der Waals surface area contributed by atoms with Crippen molar-refractivity contribution in [3.63, 3.8) is 0 Å². The minimum atomic E-state index is 0.0561. The topological polar surface area (TPSA) is 153 Å². The van der Waals surface area contributed by atoms with Gasteiger partial charge in [0.15, 0.2) is 0 Å². The first-order valence-electron chi connectivity index (χ1n) is 4.62. The van der Waals surface area contributed by atoms with Crippen molar-refractivity contribution in [2.24, 2.45) is 0 Å². The molecule has 0 atom stereocenters. The van der Waals surface area contributed by atoms with Crippen LogP contribution in [0, 0.1) is 5.41 Å². The minimum absolute atomic E-state index is 0.0561. The highest BCUT2D eigenvalue weighted by molar-refractivity contribution is 6.15. The van der Waals surface area contributed by atoms with Crippen LogP contribution < -0.4 is 17.2 Å². The predicted molar refractivity (Wildman–Crippen MR) is 63.2 cm³/mol. The third kappa shape index (κ3) is 1.95. The molecule has 0 fully saturated rings. The van der Waals surface area contributed by atoms with E-state index < -0.39 is 0 Å². The van der Waals surface area contributed by atoms with Crippen LogP contribution in [0.1, 0.15) is 11.1 Å². The van der Waals surface area contributed by atoms with Gasteiger partial charge in [-0.15, -0.1) is 0 Å². The van der Waals surface area contributed by atoms with Gasteiger partial charge in [0.1, 0.15) is 18.0 Å². The molecule has 0 aliphatic heterocycles. The Morgan fingerprint density at radius 1 is 0.941 bits per heavy atom. The van der Waals surface area contributed by atoms with E-state index in [4.69, 9.17) is 22.6 Å². The predicted octanol–water partition coefficient (Wildman–Crippen LogP) is -0.571. The second-order valence-corrected chi connectivity index (χ2v) is 3.22. The first-order chi connectivity index (χ1) is 8.09. The molecule has 0 amide bonds. The van der Waals surface area contributed by atoms with Gasteiger partial charge in [0.25, 0.3) is 0 Å². The maximum absolute atomic E-state index is 7.96. The SMILES string of the molecule is N=C(c1cnc(N)nc1)c1c(N)ncnc1N. The summed E-state index contributed by atoms with van der Waals surface area (Å²) in [6, 6.07) is 0. The van der Waals surface area contributed by atoms with Crippen molar-refractivity contribution in [2.45, 2.75) is 0 Å². The molecule has 8 heteroatoms. The van der Waals surface area contributed by atoms with Crippen LogP contribution in [0.25, 0.3) is 0 Å². The summed E-state index contributed by atoms with van der Waals surface area (Å²) in [7, 11) is 0. The van der Waals surface area contributed by atoms with Crippen molar-refractivity contribution in [3.05, 3.63) is 29.8 Å². The molecule has 0 radical (unpaired) electrons. The molecule has 86 valence electrons. The Hall–Kier alpha value is -2.77. The highest BCUT2D eigenvalue weighted by Gasteiger charge is 2.14. The highest BCUT2D eigenvalue weighted by atomic mass is 15.0. The first-order valence-corrected chi connectivity index (χ1v) is 4.62. The largest absolute Gasteiger partial charge is 0.383 e. The molecule has 2 aromatic heterocycles. The number of nitrogens with zero attached hydrogens (tertiary/aromatic N) is 4. The van der Waals surface area contributed by atoms with Gasteiger partial charge in [-0.1, -0.05) is 0 Å². The van der Waals surface area contributed by atoms with Crippen LogP contribution in [-0.2, 0) is 0 Å². The molecule has 2 aromatic rings. The van der Waals surface area contributed by atoms with Crippen LogP contribution >= 0.6 is 0 Å². The van der Waals surface area contributed by atoms with Crippen LogP contribution in [0.2, 0.25) is 0 Å². The quantitative estimate of drug-likeness (QED) is 0.503. The van der Waals surface area contributed by atoms with E-state index in [1.807, 2.05) is 0 Å². The summed E-state index contributed by atoms with van der Waals surface area (Å²) in [5.74, 6) is 0.408. The van der Waals surface area contributed by atoms with E-state index in [9.17, 15) is 0 Å². The van der Waals surface area contributed by atoms with Gasteiger partial charge in [-0.25, -0.2) is 19.9 Å². The standard InChI is InChI=1S/C9H10N8/c10-6(4-1-14-9(13)15-2-4)5-7(11)16-3-17-8(5)12/h1-3,10H,(H2,13,14,15)(H4,11,12,16,17). The van der Waals surface area contributed by atoms with Crippen molar-refractivity contribution in [1.82, 2.24) is 19.9 Å². The van der Waals surface area contributed by atoms with Gasteiger partial charge < -0.3 is 17.2 Å². The number of nitrogens with one attached hydrogen (secondary N) is 1. The van der Waals surface area contributed by atoms with Crippen molar-refractivity contribution >= 4 is 23.3 Å². The molecule has 0 bridgehead atoms. The van der Waals surface area contributed by atoms with E-state index >= 15 is 0 Å². The fourth-order valence-electron chi connectivity index (χ4n) is 1.28. The molecular formula is C9H10N8. The van der Waals surface area contributed by atoms with E-state index in [2.05, 4.69) is 19.9 Å². The number of anilines is 3. The zero-order chi connectivity index (χ0) is 12.4. The highest BCUT2D eigenvalue weighted by Crippen LogP contribution is 2.18. The lowest BCUT2D eigenvalue weighted by Crippen LogP contribution is -2.12. The Morgan fingerprint density at radius 2 is 1.47 bits per heavy atom. The zero-order valence-electron chi connectivity index (χ0n) is 8.75. The normalized spacial score (nSPS) is 10.1. The first kappa shape index (κ1) is 10.7. The van der Waals surface area contributed by atoms with Crippen LogP contribution in [0.5, 0.6) is 0 Å². The number of aromatic nitrogens is 4. The third-order valence-electron chi connectivity index (χ3n) is 2.12. The molecule has 0 spiro atoms. The zero-order valence-corrected chi connectivity index (χ0v) is 8.75. The summed E-state index contributed by atoms with van der Waals surface area (Å²) >= 11 is 0. The average Bonchev–Trinajstić information content (AvgIpc) is 2.29. The van der Waals surface area contributed by atoms with Gasteiger partial charge in [-0.3, -0.25) is 5.41 Å². The number of hydrogen-bond acceptors (Lipinski definition) is 8. The summed E-state index contributed by atoms with van der Waals surface area (Å²) in [6.45, 7) is 0. The fraction of sp³-hybridized carbons (Fsp3) is 0. The molecule has 2 heterocycles. The number of hydrogen-bond donors (Lipinski definition) is 4. The van der Waals surface area contributed by atoms with Gasteiger partial charge in [-0.05, 0) is 0 Å². The Morgan fingerprint density at radius 3 is 2.00 bits per heavy atom. The summed E-state index contributed by atoms with van der Waals surface area (Å²) in [5.41, 5.74) is 17.4. The van der Waals surface area contributed by atoms with Crippen LogP contribution in [0.4, 0.5) is 17.6 Å².